The van der Waals surface area contributed by atoms with Gasteiger partial charge >= 0.3 is 0 Å². The minimum Gasteiger partial charge on any atom is -0.309 e. The van der Waals surface area contributed by atoms with Crippen molar-refractivity contribution in [1.82, 2.24) is 4.90 Å². The minimum atomic E-state index is 0. The topological polar surface area (TPSA) is 20.3 Å². The first-order chi connectivity index (χ1) is 10.6. The largest absolute Gasteiger partial charge is 0.309 e. The van der Waals surface area contributed by atoms with Crippen molar-refractivity contribution < 1.29 is 4.79 Å². The van der Waals surface area contributed by atoms with E-state index in [0.29, 0.717) is 6.42 Å². The predicted molar refractivity (Wildman–Crippen MR) is 104 cm³/mol. The van der Waals surface area contributed by atoms with Gasteiger partial charge in [-0.15, -0.1) is 12.4 Å². The van der Waals surface area contributed by atoms with Crippen LogP contribution >= 0.6 is 28.3 Å². The van der Waals surface area contributed by atoms with Crippen LogP contribution in [0.3, 0.4) is 0 Å². The van der Waals surface area contributed by atoms with E-state index in [1.165, 1.54) is 0 Å². The van der Waals surface area contributed by atoms with Gasteiger partial charge in [0.15, 0.2) is 5.78 Å². The van der Waals surface area contributed by atoms with E-state index in [0.717, 1.165) is 27.7 Å². The van der Waals surface area contributed by atoms with Crippen LogP contribution in [0.25, 0.3) is 11.6 Å². The molecule has 0 radical (unpaired) electrons. The Morgan fingerprint density at radius 1 is 1.04 bits per heavy atom. The van der Waals surface area contributed by atoms with E-state index in [4.69, 9.17) is 0 Å². The van der Waals surface area contributed by atoms with Gasteiger partial charge in [-0.05, 0) is 43.4 Å². The zero-order valence-electron chi connectivity index (χ0n) is 13.3. The molecule has 2 aromatic carbocycles. The van der Waals surface area contributed by atoms with Crippen molar-refractivity contribution in [3.8, 4) is 0 Å². The van der Waals surface area contributed by atoms with E-state index < -0.39 is 0 Å². The lowest BCUT2D eigenvalue weighted by Gasteiger charge is -2.11. The molecular formula is C19H21BrClNO. The molecule has 0 heterocycles. The van der Waals surface area contributed by atoms with E-state index >= 15 is 0 Å². The first-order valence-electron chi connectivity index (χ1n) is 7.27. The standard InChI is InChI=1S/C19H20BrNO.ClH/c1-21(2)13-12-19(22)18(16-6-4-3-5-7-16)14-15-8-10-17(20)11-9-15;/h3-11,14H,12-13H2,1-2H3;1H/b18-14-;. The van der Waals surface area contributed by atoms with Crippen LogP contribution in [-0.4, -0.2) is 31.3 Å². The number of allylic oxidation sites excluding steroid dienone is 1. The number of carbonyl (C=O) groups excluding carboxylic acids is 1. The molecule has 2 rings (SSSR count). The Balaban J connectivity index is 0.00000264. The van der Waals surface area contributed by atoms with Gasteiger partial charge in [-0.1, -0.05) is 58.4 Å². The monoisotopic (exact) mass is 393 g/mol. The number of Topliss-reactive ketones (excluding diaryl/α,β-unsaturated/α-hetero) is 1. The molecule has 0 fully saturated rings. The second-order valence-corrected chi connectivity index (χ2v) is 6.37. The highest BCUT2D eigenvalue weighted by Crippen LogP contribution is 2.21. The Morgan fingerprint density at radius 2 is 1.65 bits per heavy atom. The van der Waals surface area contributed by atoms with Crippen molar-refractivity contribution in [1.29, 1.82) is 0 Å². The van der Waals surface area contributed by atoms with E-state index in [9.17, 15) is 4.79 Å². The molecule has 0 aromatic heterocycles. The normalized spacial score (nSPS) is 11.2. The minimum absolute atomic E-state index is 0. The summed E-state index contributed by atoms with van der Waals surface area (Å²) in [6, 6.07) is 17.8. The third kappa shape index (κ3) is 6.30. The summed E-state index contributed by atoms with van der Waals surface area (Å²) < 4.78 is 1.03. The third-order valence-corrected chi connectivity index (χ3v) is 3.88. The fourth-order valence-corrected chi connectivity index (χ4v) is 2.39. The van der Waals surface area contributed by atoms with Gasteiger partial charge in [-0.25, -0.2) is 0 Å². The highest BCUT2D eigenvalue weighted by Gasteiger charge is 2.12. The van der Waals surface area contributed by atoms with Crippen molar-refractivity contribution in [3.05, 3.63) is 70.2 Å². The summed E-state index contributed by atoms with van der Waals surface area (Å²) >= 11 is 3.43. The molecule has 0 aliphatic heterocycles. The highest BCUT2D eigenvalue weighted by molar-refractivity contribution is 9.10. The van der Waals surface area contributed by atoms with Gasteiger partial charge in [0.25, 0.3) is 0 Å². The Kier molecular flexibility index (Phi) is 8.24. The van der Waals surface area contributed by atoms with E-state index in [1.807, 2.05) is 79.7 Å². The zero-order chi connectivity index (χ0) is 15.9. The molecule has 0 unspecified atom stereocenters. The van der Waals surface area contributed by atoms with Crippen molar-refractivity contribution in [2.24, 2.45) is 0 Å². The number of halogens is 2. The number of rotatable bonds is 6. The van der Waals surface area contributed by atoms with Crippen LogP contribution in [0.5, 0.6) is 0 Å². The predicted octanol–water partition coefficient (Wildman–Crippen LogP) is 4.93. The second-order valence-electron chi connectivity index (χ2n) is 5.45. The Hall–Kier alpha value is -1.42. The van der Waals surface area contributed by atoms with Crippen molar-refractivity contribution >= 4 is 45.8 Å². The van der Waals surface area contributed by atoms with Crippen LogP contribution < -0.4 is 0 Å². The van der Waals surface area contributed by atoms with Crippen molar-refractivity contribution in [2.45, 2.75) is 6.42 Å². The van der Waals surface area contributed by atoms with Crippen molar-refractivity contribution in [3.63, 3.8) is 0 Å². The van der Waals surface area contributed by atoms with Crippen LogP contribution in [0.1, 0.15) is 17.5 Å². The second kappa shape index (κ2) is 9.66. The fraction of sp³-hybridized carbons (Fsp3) is 0.211. The van der Waals surface area contributed by atoms with Crippen LogP contribution in [-0.2, 0) is 4.79 Å². The van der Waals surface area contributed by atoms with Gasteiger partial charge in [0.2, 0.25) is 0 Å². The van der Waals surface area contributed by atoms with Gasteiger partial charge in [-0.2, -0.15) is 0 Å². The molecule has 0 saturated carbocycles. The summed E-state index contributed by atoms with van der Waals surface area (Å²) in [4.78, 5) is 14.6. The first-order valence-corrected chi connectivity index (χ1v) is 8.06. The fourth-order valence-electron chi connectivity index (χ4n) is 2.13. The number of nitrogens with zero attached hydrogens (tertiary/aromatic N) is 1. The molecule has 0 amide bonds. The molecule has 0 spiro atoms. The van der Waals surface area contributed by atoms with E-state index in [-0.39, 0.29) is 18.2 Å². The average Bonchev–Trinajstić information content (AvgIpc) is 2.53. The lowest BCUT2D eigenvalue weighted by molar-refractivity contribution is -0.113. The Bertz CT molecular complexity index is 651. The molecule has 122 valence electrons. The molecule has 0 aliphatic carbocycles. The molecule has 23 heavy (non-hydrogen) atoms. The molecule has 4 heteroatoms. The number of benzene rings is 2. The third-order valence-electron chi connectivity index (χ3n) is 3.35. The lowest BCUT2D eigenvalue weighted by Crippen LogP contribution is -2.17. The number of ketones is 1. The molecule has 0 aliphatic rings. The maximum Gasteiger partial charge on any atom is 0.164 e. The Morgan fingerprint density at radius 3 is 2.22 bits per heavy atom. The van der Waals surface area contributed by atoms with Crippen LogP contribution in [0.4, 0.5) is 0 Å². The van der Waals surface area contributed by atoms with Crippen LogP contribution in [0, 0.1) is 0 Å². The van der Waals surface area contributed by atoms with Gasteiger partial charge in [0, 0.05) is 23.0 Å². The SMILES string of the molecule is CN(C)CCC(=O)/C(=C\c1ccc(Br)cc1)c1ccccc1.Cl. The highest BCUT2D eigenvalue weighted by atomic mass is 79.9. The van der Waals surface area contributed by atoms with E-state index in [2.05, 4.69) is 15.9 Å². The Labute approximate surface area is 152 Å². The maximum atomic E-state index is 12.6. The van der Waals surface area contributed by atoms with Crippen molar-refractivity contribution in [2.75, 3.05) is 20.6 Å². The summed E-state index contributed by atoms with van der Waals surface area (Å²) in [5, 5.41) is 0. The van der Waals surface area contributed by atoms with Crippen LogP contribution in [0.15, 0.2) is 59.1 Å². The molecule has 0 bridgehead atoms. The quantitative estimate of drug-likeness (QED) is 0.511. The summed E-state index contributed by atoms with van der Waals surface area (Å²) in [5.41, 5.74) is 2.76. The van der Waals surface area contributed by atoms with Gasteiger partial charge < -0.3 is 4.90 Å². The molecule has 2 aromatic rings. The smallest absolute Gasteiger partial charge is 0.164 e. The van der Waals surface area contributed by atoms with Gasteiger partial charge in [0.05, 0.1) is 0 Å². The summed E-state index contributed by atoms with van der Waals surface area (Å²) in [5.74, 6) is 0.169. The summed E-state index contributed by atoms with van der Waals surface area (Å²) in [6.07, 6.45) is 2.49. The molecule has 0 atom stereocenters. The summed E-state index contributed by atoms with van der Waals surface area (Å²) in [6.45, 7) is 0.753. The van der Waals surface area contributed by atoms with E-state index in [1.54, 1.807) is 0 Å². The summed E-state index contributed by atoms with van der Waals surface area (Å²) in [7, 11) is 3.96. The number of carbonyl (C=O) groups is 1. The first kappa shape index (κ1) is 19.6. The lowest BCUT2D eigenvalue weighted by atomic mass is 9.97. The number of hydrogen-bond donors (Lipinski definition) is 0. The van der Waals surface area contributed by atoms with Crippen LogP contribution in [0.2, 0.25) is 0 Å². The maximum absolute atomic E-state index is 12.6. The molecular weight excluding hydrogens is 374 g/mol. The molecule has 0 N–H and O–H groups in total. The molecule has 2 nitrogen and oxygen atoms in total. The number of hydrogen-bond acceptors (Lipinski definition) is 2. The zero-order valence-corrected chi connectivity index (χ0v) is 15.7. The van der Waals surface area contributed by atoms with Gasteiger partial charge in [-0.3, -0.25) is 4.79 Å². The molecule has 0 saturated heterocycles. The van der Waals surface area contributed by atoms with Gasteiger partial charge in [0.1, 0.15) is 0 Å². The average molecular weight is 395 g/mol.